The largest absolute Gasteiger partial charge is 0.573 e. The van der Waals surface area contributed by atoms with Gasteiger partial charge in [0.15, 0.2) is 0 Å². The summed E-state index contributed by atoms with van der Waals surface area (Å²) in [5.74, 6) is -7.68. The fraction of sp³-hybridized carbons (Fsp3) is 0.289. The van der Waals surface area contributed by atoms with Crippen LogP contribution in [0.1, 0.15) is 88.7 Å². The van der Waals surface area contributed by atoms with Gasteiger partial charge in [0, 0.05) is 45.9 Å². The summed E-state index contributed by atoms with van der Waals surface area (Å²) in [5, 5.41) is 27.8. The molecule has 2 heterocycles. The normalized spacial score (nSPS) is 13.0. The van der Waals surface area contributed by atoms with Gasteiger partial charge in [0.25, 0.3) is 11.8 Å². The second-order valence-corrected chi connectivity index (χ2v) is 15.1. The van der Waals surface area contributed by atoms with Gasteiger partial charge in [-0.05, 0) is 130 Å². The predicted molar refractivity (Wildman–Crippen MR) is 219 cm³/mol. The topological polar surface area (TPSA) is 161 Å². The van der Waals surface area contributed by atoms with Gasteiger partial charge in [-0.25, -0.2) is 0 Å². The minimum Gasteiger partial charge on any atom is -0.508 e. The van der Waals surface area contributed by atoms with Gasteiger partial charge in [-0.3, -0.25) is 28.3 Å². The number of rotatable bonds is 13. The molecule has 0 aliphatic rings. The Hall–Kier alpha value is -6.98. The molecule has 0 saturated heterocycles. The minimum absolute atomic E-state index is 0.0758. The molecular weight excluding hydrogens is 839 g/mol. The van der Waals surface area contributed by atoms with Crippen molar-refractivity contribution in [1.29, 1.82) is 0 Å². The molecule has 2 unspecified atom stereocenters. The Labute approximate surface area is 356 Å². The maximum Gasteiger partial charge on any atom is 0.573 e. The SMILES string of the molecule is CCCCNC(=O)C(c1c(C)n(C(=O)c2ccc(OC(F)(F)F)cc2)c2ccc(O)cc12)C(C(=O)NC(C)C)c1c(C)n(C(=O)c2ccc(OC(F)(F)F)cc2)c2ccc(O)cc12. The molecule has 0 aliphatic heterocycles. The van der Waals surface area contributed by atoms with Crippen LogP contribution in [0.4, 0.5) is 26.3 Å². The zero-order valence-electron chi connectivity index (χ0n) is 34.4. The van der Waals surface area contributed by atoms with Crippen molar-refractivity contribution in [1.82, 2.24) is 19.8 Å². The van der Waals surface area contributed by atoms with Crippen LogP contribution >= 0.6 is 0 Å². The highest BCUT2D eigenvalue weighted by atomic mass is 19.4. The Kier molecular flexibility index (Phi) is 12.9. The number of hydrogen-bond acceptors (Lipinski definition) is 8. The summed E-state index contributed by atoms with van der Waals surface area (Å²) >= 11 is 0. The van der Waals surface area contributed by atoms with E-state index < -0.39 is 65.7 Å². The molecule has 2 aromatic heterocycles. The lowest BCUT2D eigenvalue weighted by molar-refractivity contribution is -0.275. The van der Waals surface area contributed by atoms with Crippen molar-refractivity contribution in [2.24, 2.45) is 0 Å². The number of nitrogens with one attached hydrogen (secondary N) is 2. The lowest BCUT2D eigenvalue weighted by atomic mass is 9.77. The van der Waals surface area contributed by atoms with Crippen molar-refractivity contribution in [3.63, 3.8) is 0 Å². The number of fused-ring (bicyclic) bond motifs is 2. The monoisotopic (exact) mass is 880 g/mol. The number of benzene rings is 4. The number of aromatic nitrogens is 2. The molecule has 0 aliphatic carbocycles. The van der Waals surface area contributed by atoms with Crippen LogP contribution in [0.5, 0.6) is 23.0 Å². The van der Waals surface area contributed by atoms with Gasteiger partial charge in [-0.2, -0.15) is 0 Å². The van der Waals surface area contributed by atoms with Gasteiger partial charge in [-0.15, -0.1) is 26.3 Å². The summed E-state index contributed by atoms with van der Waals surface area (Å²) < 4.78 is 88.0. The Balaban J connectivity index is 1.62. The second-order valence-electron chi connectivity index (χ2n) is 15.1. The Bertz CT molecular complexity index is 2700. The first kappa shape index (κ1) is 45.5. The third-order valence-electron chi connectivity index (χ3n) is 10.3. The first-order chi connectivity index (χ1) is 29.6. The molecule has 0 radical (unpaired) electrons. The van der Waals surface area contributed by atoms with Crippen molar-refractivity contribution in [2.45, 2.75) is 78.1 Å². The molecule has 0 saturated carbocycles. The average Bonchev–Trinajstić information content (AvgIpc) is 3.63. The van der Waals surface area contributed by atoms with E-state index in [1.165, 1.54) is 59.4 Å². The van der Waals surface area contributed by atoms with Crippen molar-refractivity contribution < 1.29 is 65.2 Å². The molecule has 6 aromatic rings. The maximum atomic E-state index is 14.9. The van der Waals surface area contributed by atoms with Crippen molar-refractivity contribution in [3.8, 4) is 23.0 Å². The third-order valence-corrected chi connectivity index (χ3v) is 10.3. The van der Waals surface area contributed by atoms with Crippen LogP contribution in [0.2, 0.25) is 0 Å². The van der Waals surface area contributed by atoms with Gasteiger partial charge in [-0.1, -0.05) is 13.3 Å². The minimum atomic E-state index is -4.99. The number of carbonyl (C=O) groups excluding carboxylic acids is 4. The third kappa shape index (κ3) is 9.74. The molecule has 12 nitrogen and oxygen atoms in total. The van der Waals surface area contributed by atoms with E-state index in [2.05, 4.69) is 20.1 Å². The summed E-state index contributed by atoms with van der Waals surface area (Å²) in [7, 11) is 0. The highest BCUT2D eigenvalue weighted by Crippen LogP contribution is 2.46. The zero-order chi connectivity index (χ0) is 46.1. The molecule has 0 spiro atoms. The van der Waals surface area contributed by atoms with Crippen LogP contribution in [0.3, 0.4) is 0 Å². The van der Waals surface area contributed by atoms with Crippen LogP contribution in [-0.4, -0.2) is 68.3 Å². The second kappa shape index (κ2) is 17.8. The average molecular weight is 881 g/mol. The van der Waals surface area contributed by atoms with E-state index in [4.69, 9.17) is 0 Å². The molecule has 0 bridgehead atoms. The van der Waals surface area contributed by atoms with E-state index in [9.17, 15) is 55.7 Å². The molecule has 0 fully saturated rings. The quantitative estimate of drug-likeness (QED) is 0.0660. The van der Waals surface area contributed by atoms with E-state index in [0.29, 0.717) is 12.8 Å². The van der Waals surface area contributed by atoms with Crippen LogP contribution < -0.4 is 20.1 Å². The molecule has 18 heteroatoms. The van der Waals surface area contributed by atoms with Crippen molar-refractivity contribution >= 4 is 45.4 Å². The van der Waals surface area contributed by atoms with Gasteiger partial charge in [0.2, 0.25) is 11.8 Å². The molecule has 4 aromatic carbocycles. The van der Waals surface area contributed by atoms with Crippen LogP contribution in [-0.2, 0) is 9.59 Å². The lowest BCUT2D eigenvalue weighted by Gasteiger charge is -2.28. The van der Waals surface area contributed by atoms with E-state index in [-0.39, 0.29) is 73.5 Å². The number of phenols is 2. The molecule has 6 rings (SSSR count). The number of aromatic hydroxyl groups is 2. The molecule has 2 atom stereocenters. The number of halogens is 6. The first-order valence-electron chi connectivity index (χ1n) is 19.7. The zero-order valence-corrected chi connectivity index (χ0v) is 34.4. The van der Waals surface area contributed by atoms with E-state index in [1.54, 1.807) is 13.8 Å². The molecule has 63 heavy (non-hydrogen) atoms. The van der Waals surface area contributed by atoms with Crippen molar-refractivity contribution in [2.75, 3.05) is 6.54 Å². The van der Waals surface area contributed by atoms with Gasteiger partial charge < -0.3 is 30.3 Å². The fourth-order valence-corrected chi connectivity index (χ4v) is 7.80. The number of unbranched alkanes of at least 4 members (excludes halogenated alkanes) is 1. The van der Waals surface area contributed by atoms with Crippen LogP contribution in [0.25, 0.3) is 21.8 Å². The van der Waals surface area contributed by atoms with Gasteiger partial charge in [0.05, 0.1) is 22.9 Å². The molecular formula is C45H42F6N4O8. The highest BCUT2D eigenvalue weighted by Gasteiger charge is 2.43. The van der Waals surface area contributed by atoms with Crippen LogP contribution in [0, 0.1) is 13.8 Å². The van der Waals surface area contributed by atoms with Gasteiger partial charge >= 0.3 is 12.7 Å². The Morgan fingerprint density at radius 1 is 0.635 bits per heavy atom. The molecule has 2 amide bonds. The standard InChI is InChI=1S/C45H42F6N4O8/c1-6-7-20-52-40(58)38(36-24(4)54(34-18-12-28(56)21-32(34)36)42(60)26-8-14-30(15-9-26)62-44(46,47)48)39(41(59)53-23(2)3)37-25(5)55(35-19-13-29(57)22-33(35)37)43(61)27-10-16-31(17-11-27)63-45(49,50)51/h8-19,21-23,38-39,56-57H,6-7,20H2,1-5H3,(H,52,58)(H,53,59). The lowest BCUT2D eigenvalue weighted by Crippen LogP contribution is -2.42. The summed E-state index contributed by atoms with van der Waals surface area (Å²) in [5.41, 5.74) is 0.630. The molecule has 332 valence electrons. The summed E-state index contributed by atoms with van der Waals surface area (Å²) in [6, 6.07) is 15.9. The number of carbonyl (C=O) groups is 4. The fourth-order valence-electron chi connectivity index (χ4n) is 7.80. The highest BCUT2D eigenvalue weighted by molar-refractivity contribution is 6.09. The number of hydrogen-bond donors (Lipinski definition) is 4. The smallest absolute Gasteiger partial charge is 0.508 e. The van der Waals surface area contributed by atoms with E-state index in [1.807, 2.05) is 6.92 Å². The number of nitrogens with zero attached hydrogens (tertiary/aromatic N) is 2. The van der Waals surface area contributed by atoms with E-state index >= 15 is 0 Å². The Morgan fingerprint density at radius 2 is 1.03 bits per heavy atom. The Morgan fingerprint density at radius 3 is 1.40 bits per heavy atom. The summed E-state index contributed by atoms with van der Waals surface area (Å²) in [6.45, 7) is 8.43. The number of amides is 2. The number of alkyl halides is 6. The summed E-state index contributed by atoms with van der Waals surface area (Å²) in [4.78, 5) is 58.6. The predicted octanol–water partition coefficient (Wildman–Crippen LogP) is 9.11. The van der Waals surface area contributed by atoms with Crippen molar-refractivity contribution in [3.05, 3.63) is 119 Å². The van der Waals surface area contributed by atoms with Crippen LogP contribution in [0.15, 0.2) is 84.9 Å². The number of ether oxygens (including phenoxy) is 2. The maximum absolute atomic E-state index is 14.9. The first-order valence-corrected chi connectivity index (χ1v) is 19.7. The van der Waals surface area contributed by atoms with E-state index in [0.717, 1.165) is 48.5 Å². The van der Waals surface area contributed by atoms with Gasteiger partial charge in [0.1, 0.15) is 23.0 Å². The number of phenolic OH excluding ortho intramolecular Hbond substituents is 2. The molecule has 4 N–H and O–H groups in total. The summed E-state index contributed by atoms with van der Waals surface area (Å²) in [6.07, 6.45) is -8.77.